The molecule has 3 nitrogen and oxygen atoms in total. The van der Waals surface area contributed by atoms with Crippen LogP contribution in [0.4, 0.5) is 11.5 Å². The highest BCUT2D eigenvalue weighted by atomic mass is 14.9. The molecule has 3 heteroatoms. The Morgan fingerprint density at radius 3 is 2.94 bits per heavy atom. The number of hydrogen-bond acceptors (Lipinski definition) is 3. The smallest absolute Gasteiger partial charge is 0.155 e. The number of rotatable bonds is 0. The number of hydrogen-bond donors (Lipinski definition) is 1. The van der Waals surface area contributed by atoms with Crippen molar-refractivity contribution in [2.75, 3.05) is 5.73 Å². The number of aromatic nitrogens is 1. The fourth-order valence-electron chi connectivity index (χ4n) is 3.15. The Labute approximate surface area is 105 Å². The van der Waals surface area contributed by atoms with E-state index in [0.717, 1.165) is 24.3 Å². The van der Waals surface area contributed by atoms with Crippen LogP contribution in [0.2, 0.25) is 0 Å². The molecule has 1 spiro atoms. The molecule has 1 aromatic heterocycles. The van der Waals surface area contributed by atoms with Gasteiger partial charge in [-0.3, -0.25) is 0 Å². The molecule has 0 bridgehead atoms. The molecule has 2 heterocycles. The van der Waals surface area contributed by atoms with Crippen molar-refractivity contribution in [3.8, 4) is 0 Å². The van der Waals surface area contributed by atoms with Gasteiger partial charge >= 0.3 is 0 Å². The Morgan fingerprint density at radius 1 is 1.11 bits per heavy atom. The molecule has 1 aliphatic carbocycles. The maximum atomic E-state index is 5.87. The van der Waals surface area contributed by atoms with Crippen LogP contribution in [0.3, 0.4) is 0 Å². The predicted octanol–water partition coefficient (Wildman–Crippen LogP) is 2.42. The molecule has 2 N–H and O–H groups in total. The zero-order valence-electron chi connectivity index (χ0n) is 9.93. The molecule has 18 heavy (non-hydrogen) atoms. The Hall–Kier alpha value is -2.16. The normalized spacial score (nSPS) is 23.3. The Bertz CT molecular complexity index is 675. The van der Waals surface area contributed by atoms with Crippen LogP contribution in [0.5, 0.6) is 0 Å². The molecule has 0 fully saturated rings. The standard InChI is InChI=1S/C15H13N3/c16-12-4-3-10-7-15(8-11(10)6-12)9-18-14-13(15)2-1-5-17-14/h1-6,9H,7-8,16H2/t15-/m1/s1. The van der Waals surface area contributed by atoms with Gasteiger partial charge in [-0.05, 0) is 42.2 Å². The van der Waals surface area contributed by atoms with Crippen LogP contribution in [-0.2, 0) is 18.3 Å². The van der Waals surface area contributed by atoms with Gasteiger partial charge < -0.3 is 5.73 Å². The van der Waals surface area contributed by atoms with Crippen LogP contribution < -0.4 is 5.73 Å². The van der Waals surface area contributed by atoms with Gasteiger partial charge in [0.2, 0.25) is 0 Å². The van der Waals surface area contributed by atoms with E-state index < -0.39 is 0 Å². The lowest BCUT2D eigenvalue weighted by atomic mass is 9.81. The molecule has 1 atom stereocenters. The zero-order valence-corrected chi connectivity index (χ0v) is 9.93. The second kappa shape index (κ2) is 3.19. The number of pyridine rings is 1. The average molecular weight is 235 g/mol. The Balaban J connectivity index is 1.85. The van der Waals surface area contributed by atoms with Crippen molar-refractivity contribution in [1.82, 2.24) is 4.98 Å². The van der Waals surface area contributed by atoms with Gasteiger partial charge in [-0.1, -0.05) is 12.1 Å². The molecule has 0 amide bonds. The van der Waals surface area contributed by atoms with E-state index in [1.807, 2.05) is 12.1 Å². The van der Waals surface area contributed by atoms with Gasteiger partial charge in [0.15, 0.2) is 5.82 Å². The molecular formula is C15H13N3. The summed E-state index contributed by atoms with van der Waals surface area (Å²) in [5, 5.41) is 0. The first-order valence-electron chi connectivity index (χ1n) is 6.15. The first-order valence-corrected chi connectivity index (χ1v) is 6.15. The topological polar surface area (TPSA) is 51.3 Å². The largest absolute Gasteiger partial charge is 0.399 e. The number of nitrogens with zero attached hydrogens (tertiary/aromatic N) is 2. The number of fused-ring (bicyclic) bond motifs is 3. The second-order valence-electron chi connectivity index (χ2n) is 5.17. The second-order valence-corrected chi connectivity index (χ2v) is 5.17. The van der Waals surface area contributed by atoms with E-state index in [9.17, 15) is 0 Å². The van der Waals surface area contributed by atoms with Gasteiger partial charge in [-0.2, -0.15) is 0 Å². The number of nitrogen functional groups attached to an aromatic ring is 1. The Morgan fingerprint density at radius 2 is 2.00 bits per heavy atom. The van der Waals surface area contributed by atoms with Gasteiger partial charge in [0.05, 0.1) is 0 Å². The van der Waals surface area contributed by atoms with Crippen molar-refractivity contribution in [1.29, 1.82) is 0 Å². The van der Waals surface area contributed by atoms with Crippen molar-refractivity contribution < 1.29 is 0 Å². The summed E-state index contributed by atoms with van der Waals surface area (Å²) in [6.07, 6.45) is 5.86. The van der Waals surface area contributed by atoms with Crippen LogP contribution in [0.25, 0.3) is 0 Å². The lowest BCUT2D eigenvalue weighted by Gasteiger charge is -2.20. The summed E-state index contributed by atoms with van der Waals surface area (Å²) in [4.78, 5) is 8.81. The van der Waals surface area contributed by atoms with Crippen LogP contribution in [0, 0.1) is 0 Å². The average Bonchev–Trinajstić information content (AvgIpc) is 2.92. The number of aliphatic imine (C=N–C) groups is 1. The lowest BCUT2D eigenvalue weighted by molar-refractivity contribution is 0.639. The van der Waals surface area contributed by atoms with Crippen molar-refractivity contribution in [3.63, 3.8) is 0 Å². The lowest BCUT2D eigenvalue weighted by Crippen LogP contribution is -2.25. The number of nitrogens with two attached hydrogens (primary N) is 1. The van der Waals surface area contributed by atoms with Crippen molar-refractivity contribution >= 4 is 17.7 Å². The minimum absolute atomic E-state index is 0.0136. The minimum Gasteiger partial charge on any atom is -0.399 e. The predicted molar refractivity (Wildman–Crippen MR) is 72.3 cm³/mol. The molecule has 0 saturated heterocycles. The van der Waals surface area contributed by atoms with Crippen LogP contribution in [0.1, 0.15) is 16.7 Å². The van der Waals surface area contributed by atoms with E-state index in [2.05, 4.69) is 34.4 Å². The summed E-state index contributed by atoms with van der Waals surface area (Å²) in [5.74, 6) is 0.873. The summed E-state index contributed by atoms with van der Waals surface area (Å²) < 4.78 is 0. The van der Waals surface area contributed by atoms with Crippen LogP contribution >= 0.6 is 0 Å². The van der Waals surface area contributed by atoms with Gasteiger partial charge in [-0.15, -0.1) is 0 Å². The monoisotopic (exact) mass is 235 g/mol. The highest BCUT2D eigenvalue weighted by molar-refractivity contribution is 5.86. The highest BCUT2D eigenvalue weighted by Crippen LogP contribution is 2.45. The summed E-state index contributed by atoms with van der Waals surface area (Å²) in [7, 11) is 0. The number of benzene rings is 1. The quantitative estimate of drug-likeness (QED) is 0.713. The van der Waals surface area contributed by atoms with Gasteiger partial charge in [0.1, 0.15) is 0 Å². The molecule has 2 aromatic rings. The maximum absolute atomic E-state index is 5.87. The molecule has 1 aromatic carbocycles. The zero-order chi connectivity index (χ0) is 12.2. The molecule has 1 aliphatic heterocycles. The van der Waals surface area contributed by atoms with Gasteiger partial charge in [0.25, 0.3) is 0 Å². The van der Waals surface area contributed by atoms with E-state index in [4.69, 9.17) is 5.73 Å². The molecule has 2 aliphatic rings. The van der Waals surface area contributed by atoms with E-state index >= 15 is 0 Å². The highest BCUT2D eigenvalue weighted by Gasteiger charge is 2.42. The third kappa shape index (κ3) is 1.19. The van der Waals surface area contributed by atoms with Crippen LogP contribution in [0.15, 0.2) is 41.5 Å². The number of anilines is 1. The third-order valence-electron chi connectivity index (χ3n) is 4.00. The van der Waals surface area contributed by atoms with Crippen molar-refractivity contribution in [3.05, 3.63) is 53.2 Å². The van der Waals surface area contributed by atoms with E-state index in [-0.39, 0.29) is 5.41 Å². The third-order valence-corrected chi connectivity index (χ3v) is 4.00. The molecule has 88 valence electrons. The fourth-order valence-corrected chi connectivity index (χ4v) is 3.15. The fraction of sp³-hybridized carbons (Fsp3) is 0.200. The van der Waals surface area contributed by atoms with Gasteiger partial charge in [-0.25, -0.2) is 9.98 Å². The SMILES string of the molecule is Nc1ccc2c(c1)C[C@@]1(C=Nc3ncccc31)C2. The molecule has 4 rings (SSSR count). The first kappa shape index (κ1) is 9.83. The van der Waals surface area contributed by atoms with Crippen LogP contribution in [-0.4, -0.2) is 11.2 Å². The summed E-state index contributed by atoms with van der Waals surface area (Å²) in [6.45, 7) is 0. The molecule has 0 unspecified atom stereocenters. The summed E-state index contributed by atoms with van der Waals surface area (Å²) in [5.41, 5.74) is 10.7. The molecule has 0 saturated carbocycles. The van der Waals surface area contributed by atoms with Crippen molar-refractivity contribution in [2.45, 2.75) is 18.3 Å². The summed E-state index contributed by atoms with van der Waals surface area (Å²) >= 11 is 0. The minimum atomic E-state index is 0.0136. The van der Waals surface area contributed by atoms with E-state index in [1.165, 1.54) is 16.7 Å². The van der Waals surface area contributed by atoms with E-state index in [0.29, 0.717) is 0 Å². The first-order chi connectivity index (χ1) is 8.77. The Kier molecular flexibility index (Phi) is 1.74. The molecule has 0 radical (unpaired) electrons. The van der Waals surface area contributed by atoms with E-state index in [1.54, 1.807) is 6.20 Å². The molecular weight excluding hydrogens is 222 g/mol. The maximum Gasteiger partial charge on any atom is 0.155 e. The van der Waals surface area contributed by atoms with Crippen molar-refractivity contribution in [2.24, 2.45) is 4.99 Å². The van der Waals surface area contributed by atoms with Gasteiger partial charge in [0, 0.05) is 29.1 Å². The summed E-state index contributed by atoms with van der Waals surface area (Å²) in [6, 6.07) is 10.3.